The molecule has 3 aromatic rings. The van der Waals surface area contributed by atoms with E-state index >= 15 is 0 Å². The van der Waals surface area contributed by atoms with E-state index in [9.17, 15) is 35.5 Å². The van der Waals surface area contributed by atoms with Gasteiger partial charge < -0.3 is 15.4 Å². The highest BCUT2D eigenvalue weighted by molar-refractivity contribution is 7.10. The normalized spacial score (nSPS) is 18.6. The second-order valence-corrected chi connectivity index (χ2v) is 9.31. The van der Waals surface area contributed by atoms with Gasteiger partial charge in [0.15, 0.2) is 5.69 Å². The summed E-state index contributed by atoms with van der Waals surface area (Å²) in [5.41, 5.74) is -0.457. The lowest BCUT2D eigenvalue weighted by Gasteiger charge is -2.34. The van der Waals surface area contributed by atoms with Crippen LogP contribution in [0, 0.1) is 6.92 Å². The van der Waals surface area contributed by atoms with E-state index in [-0.39, 0.29) is 40.9 Å². The van der Waals surface area contributed by atoms with Gasteiger partial charge in [0, 0.05) is 25.6 Å². The molecule has 2 atom stereocenters. The largest absolute Gasteiger partial charge is 0.471 e. The quantitative estimate of drug-likeness (QED) is 0.377. The number of nitrogens with one attached hydrogen (secondary N) is 2. The van der Waals surface area contributed by atoms with E-state index in [1.54, 1.807) is 6.92 Å². The SMILES string of the molecule is Cc1nsc(Nc2cnc(C(F)(F)F)cn2)c1C(=O)Nc1ccc(O[C@@H]2CCN(CC(F)(F)F)C[C@H]2F)nc1. The molecule has 0 radical (unpaired) electrons. The molecule has 4 heterocycles. The number of halogens is 7. The number of ether oxygens (including phenoxy) is 1. The Bertz CT molecular complexity index is 1280. The summed E-state index contributed by atoms with van der Waals surface area (Å²) in [6.07, 6.45) is -8.94. The molecule has 0 spiro atoms. The molecule has 1 fully saturated rings. The van der Waals surface area contributed by atoms with Crippen LogP contribution >= 0.6 is 11.5 Å². The van der Waals surface area contributed by atoms with Crippen LogP contribution in [0.15, 0.2) is 30.7 Å². The summed E-state index contributed by atoms with van der Waals surface area (Å²) in [5, 5.41) is 5.56. The van der Waals surface area contributed by atoms with Gasteiger partial charge in [-0.2, -0.15) is 30.7 Å². The fourth-order valence-electron chi connectivity index (χ4n) is 3.73. The van der Waals surface area contributed by atoms with Gasteiger partial charge in [-0.25, -0.2) is 19.3 Å². The maximum atomic E-state index is 14.4. The first-order valence-electron chi connectivity index (χ1n) is 11.3. The molecule has 0 aromatic carbocycles. The average Bonchev–Trinajstić information content (AvgIpc) is 3.20. The van der Waals surface area contributed by atoms with Crippen LogP contribution in [-0.2, 0) is 6.18 Å². The fourth-order valence-corrected chi connectivity index (χ4v) is 4.53. The highest BCUT2D eigenvalue weighted by atomic mass is 32.1. The number of anilines is 3. The monoisotopic (exact) mass is 579 g/mol. The fraction of sp³-hybridized carbons (Fsp3) is 0.409. The predicted molar refractivity (Wildman–Crippen MR) is 126 cm³/mol. The molecule has 4 rings (SSSR count). The maximum absolute atomic E-state index is 14.4. The van der Waals surface area contributed by atoms with Crippen molar-refractivity contribution in [3.05, 3.63) is 47.7 Å². The van der Waals surface area contributed by atoms with Crippen molar-refractivity contribution in [2.24, 2.45) is 0 Å². The van der Waals surface area contributed by atoms with Crippen molar-refractivity contribution in [2.45, 2.75) is 38.0 Å². The summed E-state index contributed by atoms with van der Waals surface area (Å²) in [4.78, 5) is 24.9. The first-order chi connectivity index (χ1) is 18.3. The van der Waals surface area contributed by atoms with Crippen molar-refractivity contribution in [1.82, 2.24) is 24.2 Å². The number of piperidine rings is 1. The third-order valence-electron chi connectivity index (χ3n) is 5.51. The first-order valence-corrected chi connectivity index (χ1v) is 12.1. The Morgan fingerprint density at radius 1 is 1.13 bits per heavy atom. The minimum atomic E-state index is -4.64. The zero-order valence-corrected chi connectivity index (χ0v) is 20.8. The highest BCUT2D eigenvalue weighted by Crippen LogP contribution is 2.30. The second kappa shape index (κ2) is 11.3. The van der Waals surface area contributed by atoms with E-state index in [0.717, 1.165) is 22.6 Å². The third-order valence-corrected chi connectivity index (χ3v) is 6.36. The van der Waals surface area contributed by atoms with Crippen LogP contribution < -0.4 is 15.4 Å². The molecule has 17 heteroatoms. The molecule has 0 bridgehead atoms. The van der Waals surface area contributed by atoms with E-state index in [0.29, 0.717) is 11.9 Å². The van der Waals surface area contributed by atoms with Crippen molar-refractivity contribution in [3.8, 4) is 5.88 Å². The lowest BCUT2D eigenvalue weighted by Crippen LogP contribution is -2.49. The van der Waals surface area contributed by atoms with Crippen molar-refractivity contribution in [3.63, 3.8) is 0 Å². The Balaban J connectivity index is 1.36. The molecule has 0 unspecified atom stereocenters. The van der Waals surface area contributed by atoms with Gasteiger partial charge in [0.05, 0.1) is 42.1 Å². The van der Waals surface area contributed by atoms with E-state index in [2.05, 4.69) is 30.0 Å². The van der Waals surface area contributed by atoms with E-state index in [1.807, 2.05) is 0 Å². The summed E-state index contributed by atoms with van der Waals surface area (Å²) in [7, 11) is 0. The average molecular weight is 580 g/mol. The lowest BCUT2D eigenvalue weighted by molar-refractivity contribution is -0.153. The lowest BCUT2D eigenvalue weighted by atomic mass is 10.1. The molecular formula is C22H20F7N7O2S. The number of rotatable bonds is 7. The molecule has 9 nitrogen and oxygen atoms in total. The Kier molecular flexibility index (Phi) is 8.20. The first kappa shape index (κ1) is 28.4. The van der Waals surface area contributed by atoms with Gasteiger partial charge >= 0.3 is 12.4 Å². The Hall–Kier alpha value is -3.60. The van der Waals surface area contributed by atoms with E-state index in [1.165, 1.54) is 18.3 Å². The number of hydrogen-bond acceptors (Lipinski definition) is 9. The Morgan fingerprint density at radius 3 is 2.49 bits per heavy atom. The molecule has 0 aliphatic carbocycles. The van der Waals surface area contributed by atoms with Crippen molar-refractivity contribution in [2.75, 3.05) is 30.3 Å². The Labute approximate surface area is 220 Å². The minimum Gasteiger partial charge on any atom is -0.471 e. The van der Waals surface area contributed by atoms with Gasteiger partial charge in [-0.1, -0.05) is 0 Å². The smallest absolute Gasteiger partial charge is 0.434 e. The van der Waals surface area contributed by atoms with Gasteiger partial charge in [-0.15, -0.1) is 0 Å². The molecule has 1 aliphatic rings. The molecule has 2 N–H and O–H groups in total. The minimum absolute atomic E-state index is 0.0151. The predicted octanol–water partition coefficient (Wildman–Crippen LogP) is 5.00. The summed E-state index contributed by atoms with van der Waals surface area (Å²) < 4.78 is 99.7. The molecule has 39 heavy (non-hydrogen) atoms. The molecular weight excluding hydrogens is 559 g/mol. The molecule has 1 amide bonds. The molecule has 3 aromatic heterocycles. The van der Waals surface area contributed by atoms with Gasteiger partial charge in [0.2, 0.25) is 5.88 Å². The van der Waals surface area contributed by atoms with Crippen LogP contribution in [0.2, 0.25) is 0 Å². The maximum Gasteiger partial charge on any atom is 0.434 e. The number of nitrogens with zero attached hydrogens (tertiary/aromatic N) is 5. The van der Waals surface area contributed by atoms with E-state index < -0.39 is 49.3 Å². The molecule has 210 valence electrons. The topological polar surface area (TPSA) is 105 Å². The van der Waals surface area contributed by atoms with Gasteiger partial charge in [0.1, 0.15) is 23.1 Å². The van der Waals surface area contributed by atoms with Crippen LogP contribution in [-0.4, -0.2) is 68.2 Å². The van der Waals surface area contributed by atoms with Gasteiger partial charge in [0.25, 0.3) is 5.91 Å². The second-order valence-electron chi connectivity index (χ2n) is 8.53. The van der Waals surface area contributed by atoms with Gasteiger partial charge in [-0.05, 0) is 24.5 Å². The van der Waals surface area contributed by atoms with E-state index in [4.69, 9.17) is 4.74 Å². The number of amides is 1. The van der Waals surface area contributed by atoms with Crippen LogP contribution in [0.4, 0.5) is 47.2 Å². The number of carbonyl (C=O) groups excluding carboxylic acids is 1. The van der Waals surface area contributed by atoms with Crippen LogP contribution in [0.3, 0.4) is 0 Å². The third kappa shape index (κ3) is 7.50. The zero-order valence-electron chi connectivity index (χ0n) is 20.0. The number of carbonyl (C=O) groups is 1. The van der Waals surface area contributed by atoms with Crippen LogP contribution in [0.1, 0.15) is 28.2 Å². The number of pyridine rings is 1. The molecule has 1 saturated heterocycles. The van der Waals surface area contributed by atoms with Crippen LogP contribution in [0.25, 0.3) is 0 Å². The number of aryl methyl sites for hydroxylation is 1. The number of aromatic nitrogens is 4. The number of alkyl halides is 7. The number of hydrogen-bond donors (Lipinski definition) is 2. The number of likely N-dealkylation sites (tertiary alicyclic amines) is 1. The summed E-state index contributed by atoms with van der Waals surface area (Å²) in [5.74, 6) is -0.597. The highest BCUT2D eigenvalue weighted by Gasteiger charge is 2.37. The Morgan fingerprint density at radius 2 is 1.90 bits per heavy atom. The van der Waals surface area contributed by atoms with Gasteiger partial charge in [-0.3, -0.25) is 9.69 Å². The summed E-state index contributed by atoms with van der Waals surface area (Å²) in [6, 6.07) is 2.82. The van der Waals surface area contributed by atoms with Crippen LogP contribution in [0.5, 0.6) is 5.88 Å². The molecule has 0 saturated carbocycles. The van der Waals surface area contributed by atoms with Crippen molar-refractivity contribution >= 4 is 33.9 Å². The standard InChI is InChI=1S/C22H20F7N7O2S/c1-11-18(20(39-35-11)34-16-8-30-15(7-31-16)22(27,28)29)19(37)33-12-2-3-17(32-6-12)38-14-4-5-36(9-13(14)23)10-21(24,25)26/h2-3,6-8,13-14H,4-5,9-10H2,1H3,(H,31,34)(H,33,37)/t13-,14-/m1/s1. The summed E-state index contributed by atoms with van der Waals surface area (Å²) >= 11 is 0.896. The van der Waals surface area contributed by atoms with Crippen molar-refractivity contribution in [1.29, 1.82) is 0 Å². The molecule has 1 aliphatic heterocycles. The van der Waals surface area contributed by atoms with Crippen molar-refractivity contribution < 1.29 is 40.3 Å². The zero-order chi connectivity index (χ0) is 28.4. The summed E-state index contributed by atoms with van der Waals surface area (Å²) in [6.45, 7) is -0.0273.